The Morgan fingerprint density at radius 1 is 1.19 bits per heavy atom. The predicted molar refractivity (Wildman–Crippen MR) is 118 cm³/mol. The van der Waals surface area contributed by atoms with Crippen molar-refractivity contribution in [3.05, 3.63) is 74.7 Å². The molecule has 1 fully saturated rings. The molecule has 32 heavy (non-hydrogen) atoms. The number of carbonyl (C=O) groups is 3. The van der Waals surface area contributed by atoms with E-state index < -0.39 is 28.6 Å². The first kappa shape index (κ1) is 23.0. The maximum atomic E-state index is 12.5. The van der Waals surface area contributed by atoms with Gasteiger partial charge >= 0.3 is 5.97 Å². The summed E-state index contributed by atoms with van der Waals surface area (Å²) in [6, 6.07) is 13.0. The van der Waals surface area contributed by atoms with Gasteiger partial charge in [0.1, 0.15) is 18.9 Å². The maximum absolute atomic E-state index is 12.5. The lowest BCUT2D eigenvalue weighted by Crippen LogP contribution is -2.35. The summed E-state index contributed by atoms with van der Waals surface area (Å²) in [6.45, 7) is 3.14. The normalized spacial score (nSPS) is 14.8. The van der Waals surface area contributed by atoms with Crippen molar-refractivity contribution in [1.29, 1.82) is 0 Å². The van der Waals surface area contributed by atoms with Crippen LogP contribution in [0.3, 0.4) is 0 Å². The monoisotopic (exact) mass is 456 g/mol. The lowest BCUT2D eigenvalue weighted by Gasteiger charge is -2.13. The minimum absolute atomic E-state index is 0.00200. The van der Waals surface area contributed by atoms with E-state index in [1.165, 1.54) is 12.1 Å². The number of rotatable bonds is 8. The van der Waals surface area contributed by atoms with E-state index in [1.54, 1.807) is 56.3 Å². The second kappa shape index (κ2) is 10.1. The zero-order valence-corrected chi connectivity index (χ0v) is 18.2. The molecule has 0 saturated carbocycles. The van der Waals surface area contributed by atoms with Gasteiger partial charge in [-0.2, -0.15) is 0 Å². The summed E-state index contributed by atoms with van der Waals surface area (Å²) in [4.78, 5) is 47.8. The van der Waals surface area contributed by atoms with E-state index in [2.05, 4.69) is 0 Å². The molecule has 0 radical (unpaired) electrons. The summed E-state index contributed by atoms with van der Waals surface area (Å²) >= 11 is 0.752. The van der Waals surface area contributed by atoms with Crippen LogP contribution >= 0.6 is 11.8 Å². The van der Waals surface area contributed by atoms with Gasteiger partial charge in [0.05, 0.1) is 15.9 Å². The molecule has 0 N–H and O–H groups in total. The van der Waals surface area contributed by atoms with Gasteiger partial charge in [-0.25, -0.2) is 0 Å². The number of carbonyl (C=O) groups excluding carboxylic acids is 3. The van der Waals surface area contributed by atoms with Crippen LogP contribution in [0.15, 0.2) is 53.4 Å². The Hall–Kier alpha value is -3.66. The third-order valence-corrected chi connectivity index (χ3v) is 5.14. The van der Waals surface area contributed by atoms with Crippen molar-refractivity contribution < 1.29 is 28.8 Å². The van der Waals surface area contributed by atoms with Crippen LogP contribution in [0.2, 0.25) is 0 Å². The molecule has 10 heteroatoms. The highest BCUT2D eigenvalue weighted by atomic mass is 32.2. The molecule has 2 aromatic carbocycles. The first-order valence-electron chi connectivity index (χ1n) is 9.64. The van der Waals surface area contributed by atoms with Crippen molar-refractivity contribution in [2.24, 2.45) is 0 Å². The minimum atomic E-state index is -0.648. The molecule has 166 valence electrons. The fourth-order valence-electron chi connectivity index (χ4n) is 2.79. The second-order valence-corrected chi connectivity index (χ2v) is 8.08. The quantitative estimate of drug-likeness (QED) is 0.252. The standard InChI is InChI=1S/C22H20N2O7S/c1-14(2)31-20(25)12-23-21(26)19(32-22(23)27)11-16-4-3-5-18(10-16)30-13-15-6-8-17(9-7-15)24(28)29/h3-11,14H,12-13H2,1-2H3/b19-11+. The minimum Gasteiger partial charge on any atom is -0.489 e. The molecule has 1 aliphatic rings. The highest BCUT2D eigenvalue weighted by molar-refractivity contribution is 8.18. The largest absolute Gasteiger partial charge is 0.489 e. The Kier molecular flexibility index (Phi) is 7.26. The van der Waals surface area contributed by atoms with Gasteiger partial charge in [-0.3, -0.25) is 29.4 Å². The van der Waals surface area contributed by atoms with Crippen LogP contribution in [0.5, 0.6) is 5.75 Å². The van der Waals surface area contributed by atoms with Crippen molar-refractivity contribution in [3.63, 3.8) is 0 Å². The van der Waals surface area contributed by atoms with E-state index in [0.29, 0.717) is 11.3 Å². The molecule has 1 heterocycles. The summed E-state index contributed by atoms with van der Waals surface area (Å²) in [6.07, 6.45) is 1.21. The van der Waals surface area contributed by atoms with Crippen molar-refractivity contribution >= 4 is 40.6 Å². The molecule has 0 bridgehead atoms. The molecular weight excluding hydrogens is 436 g/mol. The number of ether oxygens (including phenoxy) is 2. The summed E-state index contributed by atoms with van der Waals surface area (Å²) in [5.74, 6) is -0.681. The molecule has 3 rings (SSSR count). The molecule has 0 aromatic heterocycles. The van der Waals surface area contributed by atoms with Crippen molar-refractivity contribution in [2.45, 2.75) is 26.6 Å². The van der Waals surface area contributed by atoms with Gasteiger partial charge in [-0.05, 0) is 67.1 Å². The molecule has 0 spiro atoms. The topological polar surface area (TPSA) is 116 Å². The number of amides is 2. The van der Waals surface area contributed by atoms with E-state index in [1.807, 2.05) is 0 Å². The predicted octanol–water partition coefficient (Wildman–Crippen LogP) is 4.16. The van der Waals surface area contributed by atoms with Crippen LogP contribution in [-0.2, 0) is 20.9 Å². The van der Waals surface area contributed by atoms with Gasteiger partial charge in [-0.15, -0.1) is 0 Å². The lowest BCUT2D eigenvalue weighted by molar-refractivity contribution is -0.384. The van der Waals surface area contributed by atoms with E-state index in [9.17, 15) is 24.5 Å². The number of nitro benzene ring substituents is 1. The number of nitro groups is 1. The summed E-state index contributed by atoms with van der Waals surface area (Å²) in [7, 11) is 0. The van der Waals surface area contributed by atoms with Gasteiger partial charge in [0, 0.05) is 12.1 Å². The average molecular weight is 456 g/mol. The number of esters is 1. The molecule has 2 aromatic rings. The molecule has 1 aliphatic heterocycles. The number of thioether (sulfide) groups is 1. The number of nitrogens with zero attached hydrogens (tertiary/aromatic N) is 2. The third kappa shape index (κ3) is 5.94. The zero-order chi connectivity index (χ0) is 23.3. The van der Waals surface area contributed by atoms with E-state index in [-0.39, 0.29) is 23.3 Å². The van der Waals surface area contributed by atoms with E-state index in [4.69, 9.17) is 9.47 Å². The van der Waals surface area contributed by atoms with Gasteiger partial charge in [0.15, 0.2) is 0 Å². The van der Waals surface area contributed by atoms with Crippen LogP contribution in [0.25, 0.3) is 6.08 Å². The Morgan fingerprint density at radius 3 is 2.56 bits per heavy atom. The first-order valence-corrected chi connectivity index (χ1v) is 10.5. The SMILES string of the molecule is CC(C)OC(=O)CN1C(=O)S/C(=C/c2cccc(OCc3ccc([N+](=O)[O-])cc3)c2)C1=O. The molecule has 0 aliphatic carbocycles. The van der Waals surface area contributed by atoms with Crippen LogP contribution in [0.4, 0.5) is 10.5 Å². The molecule has 0 atom stereocenters. The van der Waals surface area contributed by atoms with Crippen LogP contribution in [0, 0.1) is 10.1 Å². The van der Waals surface area contributed by atoms with Crippen LogP contribution < -0.4 is 4.74 Å². The van der Waals surface area contributed by atoms with Gasteiger partial charge in [0.25, 0.3) is 16.8 Å². The fourth-order valence-corrected chi connectivity index (χ4v) is 3.63. The Morgan fingerprint density at radius 2 is 1.91 bits per heavy atom. The number of non-ortho nitro benzene ring substituents is 1. The number of hydrogen-bond acceptors (Lipinski definition) is 8. The Balaban J connectivity index is 1.65. The fraction of sp³-hybridized carbons (Fsp3) is 0.227. The van der Waals surface area contributed by atoms with E-state index >= 15 is 0 Å². The highest BCUT2D eigenvalue weighted by Crippen LogP contribution is 2.32. The summed E-state index contributed by atoms with van der Waals surface area (Å²) in [5, 5.41) is 10.2. The molecule has 2 amide bonds. The molecule has 0 unspecified atom stereocenters. The maximum Gasteiger partial charge on any atom is 0.326 e. The van der Waals surface area contributed by atoms with Crippen molar-refractivity contribution in [1.82, 2.24) is 4.90 Å². The first-order chi connectivity index (χ1) is 15.2. The van der Waals surface area contributed by atoms with Gasteiger partial charge in [-0.1, -0.05) is 12.1 Å². The molecule has 9 nitrogen and oxygen atoms in total. The summed E-state index contributed by atoms with van der Waals surface area (Å²) in [5.41, 5.74) is 1.40. The van der Waals surface area contributed by atoms with Crippen LogP contribution in [0.1, 0.15) is 25.0 Å². The number of hydrogen-bond donors (Lipinski definition) is 0. The van der Waals surface area contributed by atoms with Crippen LogP contribution in [-0.4, -0.2) is 39.6 Å². The van der Waals surface area contributed by atoms with Gasteiger partial charge < -0.3 is 9.47 Å². The lowest BCUT2D eigenvalue weighted by atomic mass is 10.2. The molecular formula is C22H20N2O7S. The third-order valence-electron chi connectivity index (χ3n) is 4.24. The van der Waals surface area contributed by atoms with Crippen molar-refractivity contribution in [2.75, 3.05) is 6.54 Å². The average Bonchev–Trinajstić information content (AvgIpc) is 2.99. The number of imide groups is 1. The van der Waals surface area contributed by atoms with Crippen molar-refractivity contribution in [3.8, 4) is 5.75 Å². The molecule has 1 saturated heterocycles. The second-order valence-electron chi connectivity index (χ2n) is 7.09. The summed E-state index contributed by atoms with van der Waals surface area (Å²) < 4.78 is 10.7. The van der Waals surface area contributed by atoms with Gasteiger partial charge in [0.2, 0.25) is 0 Å². The smallest absolute Gasteiger partial charge is 0.326 e. The van der Waals surface area contributed by atoms with E-state index in [0.717, 1.165) is 22.2 Å². The zero-order valence-electron chi connectivity index (χ0n) is 17.3. The Bertz CT molecular complexity index is 1080. The number of benzene rings is 2. The highest BCUT2D eigenvalue weighted by Gasteiger charge is 2.36. The Labute approximate surface area is 188 Å².